The summed E-state index contributed by atoms with van der Waals surface area (Å²) in [5.74, 6) is -0.126. The van der Waals surface area contributed by atoms with Gasteiger partial charge in [-0.1, -0.05) is 23.7 Å². The van der Waals surface area contributed by atoms with Gasteiger partial charge in [0.05, 0.1) is 26.1 Å². The number of halogens is 1. The van der Waals surface area contributed by atoms with Crippen LogP contribution >= 0.6 is 11.6 Å². The summed E-state index contributed by atoms with van der Waals surface area (Å²) in [6, 6.07) is 7.45. The van der Waals surface area contributed by atoms with Crippen LogP contribution in [0, 0.1) is 5.92 Å². The van der Waals surface area contributed by atoms with Gasteiger partial charge in [0.25, 0.3) is 5.91 Å². The van der Waals surface area contributed by atoms with E-state index >= 15 is 0 Å². The van der Waals surface area contributed by atoms with Gasteiger partial charge in [-0.15, -0.1) is 0 Å². The molecule has 5 nitrogen and oxygen atoms in total. The molecule has 0 saturated carbocycles. The van der Waals surface area contributed by atoms with Gasteiger partial charge < -0.3 is 15.0 Å². The van der Waals surface area contributed by atoms with Crippen molar-refractivity contribution in [2.45, 2.75) is 19.4 Å². The van der Waals surface area contributed by atoms with Gasteiger partial charge in [0.1, 0.15) is 0 Å². The summed E-state index contributed by atoms with van der Waals surface area (Å²) in [5, 5.41) is 3.58. The van der Waals surface area contributed by atoms with E-state index in [0.717, 1.165) is 31.5 Å². The molecule has 6 heteroatoms. The molecule has 1 saturated heterocycles. The number of likely N-dealkylation sites (tertiary alicyclic amines) is 1. The first kappa shape index (κ1) is 16.8. The predicted octanol–water partition coefficient (Wildman–Crippen LogP) is 0.424. The first-order valence-electron chi connectivity index (χ1n) is 7.51. The molecule has 2 rings (SSSR count). The molecule has 0 aromatic heterocycles. The molecule has 1 aromatic rings. The number of amides is 1. The second-order valence-electron chi connectivity index (χ2n) is 5.63. The van der Waals surface area contributed by atoms with Gasteiger partial charge >= 0.3 is 5.97 Å². The molecule has 0 atom stereocenters. The third kappa shape index (κ3) is 5.00. The molecule has 1 amide bonds. The van der Waals surface area contributed by atoms with Gasteiger partial charge in [-0.25, -0.2) is 0 Å². The van der Waals surface area contributed by atoms with E-state index < -0.39 is 0 Å². The van der Waals surface area contributed by atoms with Crippen molar-refractivity contribution in [1.29, 1.82) is 0 Å². The highest BCUT2D eigenvalue weighted by Gasteiger charge is 2.28. The maximum Gasteiger partial charge on any atom is 0.309 e. The molecule has 0 aliphatic carbocycles. The van der Waals surface area contributed by atoms with E-state index in [1.54, 1.807) is 0 Å². The number of rotatable bonds is 5. The first-order chi connectivity index (χ1) is 10.6. The van der Waals surface area contributed by atoms with Crippen molar-refractivity contribution in [2.75, 3.05) is 26.7 Å². The number of hydrogen-bond donors (Lipinski definition) is 2. The topological polar surface area (TPSA) is 59.8 Å². The van der Waals surface area contributed by atoms with E-state index in [0.29, 0.717) is 18.1 Å². The number of methoxy groups -OCH3 is 1. The number of hydrogen-bond acceptors (Lipinski definition) is 3. The maximum atomic E-state index is 12.0. The predicted molar refractivity (Wildman–Crippen MR) is 83.6 cm³/mol. The van der Waals surface area contributed by atoms with Gasteiger partial charge in [0.2, 0.25) is 0 Å². The number of benzene rings is 1. The van der Waals surface area contributed by atoms with Crippen molar-refractivity contribution in [2.24, 2.45) is 5.92 Å². The molecule has 1 heterocycles. The van der Waals surface area contributed by atoms with Crippen molar-refractivity contribution in [1.82, 2.24) is 5.32 Å². The summed E-state index contributed by atoms with van der Waals surface area (Å²) < 4.78 is 4.76. The molecule has 0 unspecified atom stereocenters. The molecule has 0 radical (unpaired) electrons. The minimum atomic E-state index is -0.135. The first-order valence-corrected chi connectivity index (χ1v) is 7.89. The maximum absolute atomic E-state index is 12.0. The van der Waals surface area contributed by atoms with Crippen molar-refractivity contribution in [3.05, 3.63) is 34.9 Å². The summed E-state index contributed by atoms with van der Waals surface area (Å²) in [4.78, 5) is 24.7. The average Bonchev–Trinajstić information content (AvgIpc) is 2.53. The minimum absolute atomic E-state index is 0.0109. The molecular formula is C16H22ClN2O3+. The zero-order valence-corrected chi connectivity index (χ0v) is 13.5. The van der Waals surface area contributed by atoms with Crippen LogP contribution in [0.25, 0.3) is 0 Å². The second-order valence-corrected chi connectivity index (χ2v) is 6.07. The fraction of sp³-hybridized carbons (Fsp3) is 0.500. The van der Waals surface area contributed by atoms with E-state index in [9.17, 15) is 9.59 Å². The van der Waals surface area contributed by atoms with Crippen LogP contribution in [0.1, 0.15) is 18.4 Å². The quantitative estimate of drug-likeness (QED) is 0.772. The lowest BCUT2D eigenvalue weighted by molar-refractivity contribution is -0.897. The highest BCUT2D eigenvalue weighted by atomic mass is 35.5. The Balaban J connectivity index is 1.71. The second kappa shape index (κ2) is 8.15. The van der Waals surface area contributed by atoms with Crippen LogP contribution in [0.3, 0.4) is 0 Å². The summed E-state index contributed by atoms with van der Waals surface area (Å²) in [6.45, 7) is 2.57. The molecule has 1 aliphatic rings. The number of quaternary nitrogens is 1. The lowest BCUT2D eigenvalue weighted by Gasteiger charge is -2.27. The van der Waals surface area contributed by atoms with E-state index in [4.69, 9.17) is 16.3 Å². The number of esters is 1. The summed E-state index contributed by atoms with van der Waals surface area (Å²) in [7, 11) is 1.42. The molecule has 1 fully saturated rings. The molecule has 1 aromatic carbocycles. The van der Waals surface area contributed by atoms with Crippen LogP contribution in [-0.2, 0) is 20.9 Å². The van der Waals surface area contributed by atoms with Gasteiger partial charge in [0, 0.05) is 24.4 Å². The number of ether oxygens (including phenoxy) is 1. The Morgan fingerprint density at radius 2 is 2.09 bits per heavy atom. The third-order valence-corrected chi connectivity index (χ3v) is 4.25. The monoisotopic (exact) mass is 325 g/mol. The zero-order chi connectivity index (χ0) is 15.9. The molecule has 2 N–H and O–H groups in total. The highest BCUT2D eigenvalue weighted by molar-refractivity contribution is 6.30. The fourth-order valence-corrected chi connectivity index (χ4v) is 2.96. The summed E-state index contributed by atoms with van der Waals surface area (Å²) in [5.41, 5.74) is 0.986. The normalized spacial score (nSPS) is 21.2. The Hall–Kier alpha value is -1.59. The molecular weight excluding hydrogens is 304 g/mol. The van der Waals surface area contributed by atoms with Crippen LogP contribution in [0.2, 0.25) is 5.02 Å². The SMILES string of the molecule is COC(=O)C1CC[NH+](CC(=O)NCc2cccc(Cl)c2)CC1. The Bertz CT molecular complexity index is 528. The standard InChI is InChI=1S/C16H21ClN2O3/c1-22-16(21)13-5-7-19(8-6-13)11-15(20)18-10-12-3-2-4-14(17)9-12/h2-4,9,13H,5-8,10-11H2,1H3,(H,18,20)/p+1. The van der Waals surface area contributed by atoms with E-state index in [-0.39, 0.29) is 17.8 Å². The number of carbonyl (C=O) groups is 2. The van der Waals surface area contributed by atoms with Crippen molar-refractivity contribution in [3.63, 3.8) is 0 Å². The van der Waals surface area contributed by atoms with Crippen LogP contribution < -0.4 is 10.2 Å². The van der Waals surface area contributed by atoms with Crippen LogP contribution in [0.4, 0.5) is 0 Å². The Kier molecular flexibility index (Phi) is 6.21. The lowest BCUT2D eigenvalue weighted by Crippen LogP contribution is -3.14. The zero-order valence-electron chi connectivity index (χ0n) is 12.7. The summed E-state index contributed by atoms with van der Waals surface area (Å²) in [6.07, 6.45) is 1.56. The Morgan fingerprint density at radius 1 is 1.36 bits per heavy atom. The van der Waals surface area contributed by atoms with Crippen molar-refractivity contribution < 1.29 is 19.2 Å². The number of piperidine rings is 1. The molecule has 0 spiro atoms. The number of nitrogens with one attached hydrogen (secondary N) is 2. The highest BCUT2D eigenvalue weighted by Crippen LogP contribution is 2.11. The van der Waals surface area contributed by atoms with Crippen molar-refractivity contribution >= 4 is 23.5 Å². The largest absolute Gasteiger partial charge is 0.469 e. The fourth-order valence-electron chi connectivity index (χ4n) is 2.74. The molecule has 1 aliphatic heterocycles. The number of carbonyl (C=O) groups excluding carboxylic acids is 2. The van der Waals surface area contributed by atoms with Gasteiger partial charge in [-0.2, -0.15) is 0 Å². The van der Waals surface area contributed by atoms with Crippen LogP contribution in [0.5, 0.6) is 0 Å². The smallest absolute Gasteiger partial charge is 0.309 e. The van der Waals surface area contributed by atoms with E-state index in [1.165, 1.54) is 12.0 Å². The molecule has 120 valence electrons. The molecule has 0 bridgehead atoms. The van der Waals surface area contributed by atoms with E-state index in [2.05, 4.69) is 5.32 Å². The minimum Gasteiger partial charge on any atom is -0.469 e. The average molecular weight is 326 g/mol. The van der Waals surface area contributed by atoms with Gasteiger partial charge in [-0.3, -0.25) is 9.59 Å². The van der Waals surface area contributed by atoms with E-state index in [1.807, 2.05) is 24.3 Å². The van der Waals surface area contributed by atoms with Crippen molar-refractivity contribution in [3.8, 4) is 0 Å². The van der Waals surface area contributed by atoms with Gasteiger partial charge in [-0.05, 0) is 17.7 Å². The Labute approximate surface area is 135 Å². The lowest BCUT2D eigenvalue weighted by atomic mass is 9.97. The van der Waals surface area contributed by atoms with Crippen LogP contribution in [0.15, 0.2) is 24.3 Å². The Morgan fingerprint density at radius 3 is 2.73 bits per heavy atom. The van der Waals surface area contributed by atoms with Gasteiger partial charge in [0.15, 0.2) is 6.54 Å². The third-order valence-electron chi connectivity index (χ3n) is 4.02. The molecule has 22 heavy (non-hydrogen) atoms. The van der Waals surface area contributed by atoms with Crippen LogP contribution in [-0.4, -0.2) is 38.6 Å². The summed E-state index contributed by atoms with van der Waals surface area (Å²) >= 11 is 5.91.